The van der Waals surface area contributed by atoms with Crippen LogP contribution in [-0.4, -0.2) is 50.6 Å². The molecule has 8 heteroatoms. The fraction of sp³-hybridized carbons (Fsp3) is 0.429. The van der Waals surface area contributed by atoms with Gasteiger partial charge in [0.25, 0.3) is 5.91 Å². The summed E-state index contributed by atoms with van der Waals surface area (Å²) in [6, 6.07) is 6.50. The molecule has 2 heterocycles. The first kappa shape index (κ1) is 20.7. The van der Waals surface area contributed by atoms with Crippen LogP contribution in [0.3, 0.4) is 0 Å². The molecule has 1 saturated heterocycles. The second-order valence-electron chi connectivity index (χ2n) is 7.00. The van der Waals surface area contributed by atoms with Crippen molar-refractivity contribution in [2.75, 3.05) is 33.1 Å². The van der Waals surface area contributed by atoms with Gasteiger partial charge in [-0.15, -0.1) is 0 Å². The highest BCUT2D eigenvalue weighted by atomic mass is 16.5. The van der Waals surface area contributed by atoms with Gasteiger partial charge in [-0.1, -0.05) is 6.42 Å². The Balaban J connectivity index is 1.81. The monoisotopic (exact) mass is 401 g/mol. The molecular formula is C21H27N3O5. The number of ether oxygens (including phenoxy) is 2. The van der Waals surface area contributed by atoms with E-state index in [4.69, 9.17) is 13.9 Å². The Hall–Kier alpha value is -3.00. The van der Waals surface area contributed by atoms with Crippen molar-refractivity contribution in [3.05, 3.63) is 41.9 Å². The van der Waals surface area contributed by atoms with E-state index >= 15 is 0 Å². The number of nitrogens with zero attached hydrogens (tertiary/aromatic N) is 1. The van der Waals surface area contributed by atoms with Crippen molar-refractivity contribution in [1.29, 1.82) is 0 Å². The van der Waals surface area contributed by atoms with Crippen LogP contribution in [0.25, 0.3) is 0 Å². The summed E-state index contributed by atoms with van der Waals surface area (Å²) in [5, 5.41) is 5.71. The van der Waals surface area contributed by atoms with Gasteiger partial charge in [-0.05, 0) is 50.7 Å². The zero-order chi connectivity index (χ0) is 20.8. The van der Waals surface area contributed by atoms with E-state index in [2.05, 4.69) is 10.6 Å². The zero-order valence-corrected chi connectivity index (χ0v) is 17.0. The normalized spacial score (nSPS) is 16.9. The number of anilines is 1. The number of hydrogen-bond acceptors (Lipinski definition) is 6. The van der Waals surface area contributed by atoms with Gasteiger partial charge >= 0.3 is 0 Å². The van der Waals surface area contributed by atoms with E-state index in [-0.39, 0.29) is 24.4 Å². The molecule has 1 aromatic heterocycles. The first-order valence-electron chi connectivity index (χ1n) is 9.61. The summed E-state index contributed by atoms with van der Waals surface area (Å²) in [6.45, 7) is 1.14. The van der Waals surface area contributed by atoms with Crippen LogP contribution in [0.2, 0.25) is 0 Å². The average molecular weight is 401 g/mol. The molecule has 1 atom stereocenters. The fourth-order valence-electron chi connectivity index (χ4n) is 3.49. The third kappa shape index (κ3) is 4.89. The largest absolute Gasteiger partial charge is 0.493 e. The molecular weight excluding hydrogens is 374 g/mol. The number of rotatable bonds is 7. The van der Waals surface area contributed by atoms with Crippen LogP contribution in [-0.2, 0) is 11.3 Å². The van der Waals surface area contributed by atoms with Gasteiger partial charge in [-0.3, -0.25) is 14.5 Å². The number of benzene rings is 1. The molecule has 8 nitrogen and oxygen atoms in total. The first-order chi connectivity index (χ1) is 14.0. The summed E-state index contributed by atoms with van der Waals surface area (Å²) in [4.78, 5) is 27.5. The average Bonchev–Trinajstić information content (AvgIpc) is 3.25. The number of hydrogen-bond donors (Lipinski definition) is 2. The number of carbonyl (C=O) groups excluding carboxylic acids is 2. The Labute approximate surface area is 170 Å². The molecule has 1 aliphatic heterocycles. The van der Waals surface area contributed by atoms with E-state index in [1.807, 2.05) is 11.9 Å². The number of nitrogens with one attached hydrogen (secondary N) is 2. The maximum Gasteiger partial charge on any atom is 0.251 e. The second kappa shape index (κ2) is 9.47. The molecule has 1 aromatic carbocycles. The van der Waals surface area contributed by atoms with E-state index < -0.39 is 0 Å². The Morgan fingerprint density at radius 1 is 1.24 bits per heavy atom. The minimum Gasteiger partial charge on any atom is -0.493 e. The lowest BCUT2D eigenvalue weighted by Crippen LogP contribution is -2.44. The maximum absolute atomic E-state index is 12.8. The van der Waals surface area contributed by atoms with E-state index in [0.29, 0.717) is 28.5 Å². The standard InChI is InChI=1S/C21H27N3O5/c1-24-9-5-4-8-17(24)21(26)23-16-11-14(12-18(27-2)19(16)28-3)20(25)22-13-15-7-6-10-29-15/h6-7,10-12,17H,4-5,8-9,13H2,1-3H3,(H,22,25)(H,23,26). The molecule has 156 valence electrons. The maximum atomic E-state index is 12.8. The van der Waals surface area contributed by atoms with Crippen LogP contribution in [0.5, 0.6) is 11.5 Å². The summed E-state index contributed by atoms with van der Waals surface area (Å²) < 4.78 is 16.1. The molecule has 2 N–H and O–H groups in total. The summed E-state index contributed by atoms with van der Waals surface area (Å²) in [5.41, 5.74) is 0.750. The third-order valence-corrected chi connectivity index (χ3v) is 5.08. The van der Waals surface area contributed by atoms with Gasteiger partial charge in [0.1, 0.15) is 5.76 Å². The first-order valence-corrected chi connectivity index (χ1v) is 9.61. The summed E-state index contributed by atoms with van der Waals surface area (Å²) in [6.07, 6.45) is 4.44. The Morgan fingerprint density at radius 2 is 2.07 bits per heavy atom. The van der Waals surface area contributed by atoms with Gasteiger partial charge in [0, 0.05) is 5.56 Å². The van der Waals surface area contributed by atoms with Gasteiger partial charge in [-0.25, -0.2) is 0 Å². The Kier molecular flexibility index (Phi) is 6.77. The van der Waals surface area contributed by atoms with Gasteiger partial charge < -0.3 is 24.5 Å². The lowest BCUT2D eigenvalue weighted by molar-refractivity contribution is -0.121. The van der Waals surface area contributed by atoms with E-state index in [9.17, 15) is 9.59 Å². The zero-order valence-electron chi connectivity index (χ0n) is 17.0. The highest BCUT2D eigenvalue weighted by Gasteiger charge is 2.27. The Morgan fingerprint density at radius 3 is 2.72 bits per heavy atom. The molecule has 0 aliphatic carbocycles. The molecule has 0 spiro atoms. The van der Waals surface area contributed by atoms with Crippen LogP contribution < -0.4 is 20.1 Å². The number of amides is 2. The lowest BCUT2D eigenvalue weighted by atomic mass is 10.0. The highest BCUT2D eigenvalue weighted by Crippen LogP contribution is 2.37. The van der Waals surface area contributed by atoms with E-state index in [1.165, 1.54) is 14.2 Å². The smallest absolute Gasteiger partial charge is 0.251 e. The summed E-state index contributed by atoms with van der Waals surface area (Å²) in [5.74, 6) is 0.952. The van der Waals surface area contributed by atoms with Gasteiger partial charge in [0.2, 0.25) is 5.91 Å². The van der Waals surface area contributed by atoms with E-state index in [1.54, 1.807) is 30.5 Å². The molecule has 0 radical (unpaired) electrons. The van der Waals surface area contributed by atoms with Gasteiger partial charge in [0.15, 0.2) is 11.5 Å². The van der Waals surface area contributed by atoms with Crippen molar-refractivity contribution in [3.8, 4) is 11.5 Å². The molecule has 1 unspecified atom stereocenters. The molecule has 0 bridgehead atoms. The minimum atomic E-state index is -0.312. The highest BCUT2D eigenvalue weighted by molar-refractivity contribution is 6.00. The number of methoxy groups -OCH3 is 2. The number of furan rings is 1. The molecule has 3 rings (SSSR count). The van der Waals surface area contributed by atoms with Gasteiger partial charge in [0.05, 0.1) is 38.8 Å². The summed E-state index contributed by atoms with van der Waals surface area (Å²) >= 11 is 0. The van der Waals surface area contributed by atoms with Crippen molar-refractivity contribution in [3.63, 3.8) is 0 Å². The summed E-state index contributed by atoms with van der Waals surface area (Å²) in [7, 11) is 4.93. The van der Waals surface area contributed by atoms with Crippen molar-refractivity contribution in [1.82, 2.24) is 10.2 Å². The number of carbonyl (C=O) groups is 2. The van der Waals surface area contributed by atoms with Crippen molar-refractivity contribution in [2.24, 2.45) is 0 Å². The second-order valence-corrected chi connectivity index (χ2v) is 7.00. The topological polar surface area (TPSA) is 93.0 Å². The molecule has 1 aliphatic rings. The van der Waals surface area contributed by atoms with Crippen LogP contribution in [0.1, 0.15) is 35.4 Å². The van der Waals surface area contributed by atoms with Crippen LogP contribution in [0.15, 0.2) is 34.9 Å². The molecule has 1 fully saturated rings. The molecule has 2 amide bonds. The molecule has 2 aromatic rings. The van der Waals surface area contributed by atoms with Crippen LogP contribution in [0, 0.1) is 0 Å². The molecule has 29 heavy (non-hydrogen) atoms. The van der Waals surface area contributed by atoms with Crippen molar-refractivity contribution in [2.45, 2.75) is 31.8 Å². The minimum absolute atomic E-state index is 0.124. The van der Waals surface area contributed by atoms with Crippen LogP contribution in [0.4, 0.5) is 5.69 Å². The van der Waals surface area contributed by atoms with Crippen molar-refractivity contribution < 1.29 is 23.5 Å². The van der Waals surface area contributed by atoms with Gasteiger partial charge in [-0.2, -0.15) is 0 Å². The predicted octanol–water partition coefficient (Wildman–Crippen LogP) is 2.65. The van der Waals surface area contributed by atoms with E-state index in [0.717, 1.165) is 25.8 Å². The number of piperidine rings is 1. The lowest BCUT2D eigenvalue weighted by Gasteiger charge is -2.31. The third-order valence-electron chi connectivity index (χ3n) is 5.08. The number of likely N-dealkylation sites (tertiary alicyclic amines) is 1. The number of likely N-dealkylation sites (N-methyl/N-ethyl adjacent to an activating group) is 1. The Bertz CT molecular complexity index is 850. The quantitative estimate of drug-likeness (QED) is 0.741. The predicted molar refractivity (Wildman–Crippen MR) is 108 cm³/mol. The van der Waals surface area contributed by atoms with Crippen molar-refractivity contribution >= 4 is 17.5 Å². The van der Waals surface area contributed by atoms with Crippen LogP contribution >= 0.6 is 0 Å². The SMILES string of the molecule is COc1cc(C(=O)NCc2ccco2)cc(NC(=O)C2CCCCN2C)c1OC. The fourth-order valence-corrected chi connectivity index (χ4v) is 3.49. The molecule has 0 saturated carbocycles.